The predicted molar refractivity (Wildman–Crippen MR) is 114 cm³/mol. The van der Waals surface area contributed by atoms with Crippen molar-refractivity contribution in [1.82, 2.24) is 4.98 Å². The number of piperidine rings is 1. The van der Waals surface area contributed by atoms with Crippen molar-refractivity contribution in [3.05, 3.63) is 12.1 Å². The van der Waals surface area contributed by atoms with Gasteiger partial charge in [-0.2, -0.15) is 0 Å². The molecule has 156 valence electrons. The van der Waals surface area contributed by atoms with Crippen LogP contribution in [0.5, 0.6) is 5.75 Å². The smallest absolute Gasteiger partial charge is 0.240 e. The summed E-state index contributed by atoms with van der Waals surface area (Å²) >= 11 is 0. The number of carbonyl (C=O) groups excluding carboxylic acids is 1. The first kappa shape index (κ1) is 18.4. The van der Waals surface area contributed by atoms with Gasteiger partial charge in [-0.25, -0.2) is 0 Å². The van der Waals surface area contributed by atoms with Crippen LogP contribution < -0.4 is 26.0 Å². The standard InChI is InChI=1S/C21H29N5O3/c22-20(28)18(13-1-2-13)24-14-9-15-17-16(10-14)29-8-5-23-19(17)21(25-15)26-6-3-12(11-27)4-7-26/h9-10,12-13,18,23-25,27H,1-8,11H2,(H2,22,28)/t18-/m0/s1. The highest BCUT2D eigenvalue weighted by Crippen LogP contribution is 2.44. The number of nitrogens with zero attached hydrogens (tertiary/aromatic N) is 1. The molecule has 2 aliphatic heterocycles. The van der Waals surface area contributed by atoms with Crippen molar-refractivity contribution in [2.75, 3.05) is 48.4 Å². The predicted octanol–water partition coefficient (Wildman–Crippen LogP) is 1.86. The van der Waals surface area contributed by atoms with Gasteiger partial charge >= 0.3 is 0 Å². The van der Waals surface area contributed by atoms with Gasteiger partial charge in [-0.05, 0) is 43.6 Å². The molecule has 8 heteroatoms. The minimum Gasteiger partial charge on any atom is -0.491 e. The van der Waals surface area contributed by atoms with Crippen LogP contribution in [0.15, 0.2) is 12.1 Å². The fraction of sp³-hybridized carbons (Fsp3) is 0.571. The van der Waals surface area contributed by atoms with E-state index in [2.05, 4.69) is 20.5 Å². The number of benzene rings is 1. The van der Waals surface area contributed by atoms with E-state index >= 15 is 0 Å². The molecule has 1 saturated heterocycles. The van der Waals surface area contributed by atoms with E-state index in [0.717, 1.165) is 79.2 Å². The molecule has 0 bridgehead atoms. The SMILES string of the molecule is NC(=O)[C@@H](Nc1cc2c3c(c(N4CCC(CO)CC4)[nH]c3c1)NCCO2)C1CC1. The topological polar surface area (TPSA) is 116 Å². The fourth-order valence-corrected chi connectivity index (χ4v) is 4.59. The molecular weight excluding hydrogens is 370 g/mol. The summed E-state index contributed by atoms with van der Waals surface area (Å²) in [6.07, 6.45) is 4.06. The number of ether oxygens (including phenoxy) is 1. The largest absolute Gasteiger partial charge is 0.491 e. The van der Waals surface area contributed by atoms with Gasteiger partial charge in [0.25, 0.3) is 0 Å². The number of aromatic nitrogens is 1. The molecule has 0 spiro atoms. The van der Waals surface area contributed by atoms with Crippen molar-refractivity contribution in [3.63, 3.8) is 0 Å². The number of anilines is 3. The Morgan fingerprint density at radius 2 is 2.10 bits per heavy atom. The summed E-state index contributed by atoms with van der Waals surface area (Å²) in [5, 5.41) is 17.3. The molecule has 29 heavy (non-hydrogen) atoms. The Morgan fingerprint density at radius 1 is 1.31 bits per heavy atom. The normalized spacial score (nSPS) is 20.7. The summed E-state index contributed by atoms with van der Waals surface area (Å²) in [5.74, 6) is 2.31. The summed E-state index contributed by atoms with van der Waals surface area (Å²) in [7, 11) is 0. The summed E-state index contributed by atoms with van der Waals surface area (Å²) < 4.78 is 6.02. The second-order valence-electron chi connectivity index (χ2n) is 8.50. The lowest BCUT2D eigenvalue weighted by molar-refractivity contribution is -0.119. The number of rotatable bonds is 6. The Bertz CT molecular complexity index is 915. The van der Waals surface area contributed by atoms with E-state index in [1.807, 2.05) is 12.1 Å². The molecule has 5 rings (SSSR count). The van der Waals surface area contributed by atoms with Crippen molar-refractivity contribution in [2.45, 2.75) is 31.7 Å². The summed E-state index contributed by atoms with van der Waals surface area (Å²) in [6, 6.07) is 3.68. The molecule has 1 aromatic heterocycles. The molecule has 1 saturated carbocycles. The number of carbonyl (C=O) groups is 1. The van der Waals surface area contributed by atoms with Gasteiger partial charge in [-0.15, -0.1) is 0 Å². The number of nitrogens with one attached hydrogen (secondary N) is 3. The van der Waals surface area contributed by atoms with E-state index < -0.39 is 0 Å². The van der Waals surface area contributed by atoms with Crippen molar-refractivity contribution in [1.29, 1.82) is 0 Å². The number of hydrogen-bond acceptors (Lipinski definition) is 6. The molecule has 3 aliphatic rings. The zero-order valence-corrected chi connectivity index (χ0v) is 16.5. The molecule has 2 aromatic rings. The number of aromatic amines is 1. The van der Waals surface area contributed by atoms with Gasteiger partial charge in [0.1, 0.15) is 24.2 Å². The summed E-state index contributed by atoms with van der Waals surface area (Å²) in [4.78, 5) is 17.8. The first-order valence-corrected chi connectivity index (χ1v) is 10.6. The average molecular weight is 399 g/mol. The summed E-state index contributed by atoms with van der Waals surface area (Å²) in [5.41, 5.74) is 8.53. The van der Waals surface area contributed by atoms with Crippen LogP contribution >= 0.6 is 0 Å². The molecule has 0 unspecified atom stereocenters. The maximum Gasteiger partial charge on any atom is 0.240 e. The minimum atomic E-state index is -0.338. The Hall–Kier alpha value is -2.61. The van der Waals surface area contributed by atoms with Crippen LogP contribution in [0.1, 0.15) is 25.7 Å². The van der Waals surface area contributed by atoms with Crippen molar-refractivity contribution in [2.24, 2.45) is 17.6 Å². The molecule has 1 amide bonds. The van der Waals surface area contributed by atoms with Crippen LogP contribution in [0.2, 0.25) is 0 Å². The van der Waals surface area contributed by atoms with Gasteiger partial charge in [0.05, 0.1) is 16.6 Å². The molecule has 0 radical (unpaired) electrons. The summed E-state index contributed by atoms with van der Waals surface area (Å²) in [6.45, 7) is 3.41. The highest BCUT2D eigenvalue weighted by Gasteiger charge is 2.35. The van der Waals surface area contributed by atoms with E-state index in [1.165, 1.54) is 0 Å². The van der Waals surface area contributed by atoms with Crippen LogP contribution in [0.25, 0.3) is 10.9 Å². The van der Waals surface area contributed by atoms with Crippen LogP contribution in [-0.2, 0) is 4.79 Å². The van der Waals surface area contributed by atoms with Gasteiger partial charge in [0, 0.05) is 38.0 Å². The Labute approximate surface area is 169 Å². The van der Waals surface area contributed by atoms with Crippen molar-refractivity contribution >= 4 is 34.0 Å². The molecule has 1 atom stereocenters. The third-order valence-corrected chi connectivity index (χ3v) is 6.41. The molecule has 3 heterocycles. The van der Waals surface area contributed by atoms with E-state index in [0.29, 0.717) is 18.4 Å². The van der Waals surface area contributed by atoms with Gasteiger partial charge in [0.2, 0.25) is 5.91 Å². The zero-order valence-electron chi connectivity index (χ0n) is 16.5. The molecule has 2 fully saturated rings. The lowest BCUT2D eigenvalue weighted by Gasteiger charge is -2.32. The first-order valence-electron chi connectivity index (χ1n) is 10.6. The second-order valence-corrected chi connectivity index (χ2v) is 8.50. The number of H-pyrrole nitrogens is 1. The molecule has 1 aliphatic carbocycles. The lowest BCUT2D eigenvalue weighted by atomic mass is 9.98. The Kier molecular flexibility index (Phi) is 4.66. The highest BCUT2D eigenvalue weighted by atomic mass is 16.5. The first-order chi connectivity index (χ1) is 14.1. The van der Waals surface area contributed by atoms with Gasteiger partial charge < -0.3 is 36.1 Å². The van der Waals surface area contributed by atoms with Crippen LogP contribution in [0.3, 0.4) is 0 Å². The number of aliphatic hydroxyl groups excluding tert-OH is 1. The minimum absolute atomic E-state index is 0.265. The second kappa shape index (κ2) is 7.33. The number of aliphatic hydroxyl groups is 1. The van der Waals surface area contributed by atoms with Gasteiger partial charge in [0.15, 0.2) is 0 Å². The van der Waals surface area contributed by atoms with Crippen LogP contribution in [-0.4, -0.2) is 54.9 Å². The maximum absolute atomic E-state index is 11.9. The molecule has 1 aromatic carbocycles. The molecule has 8 nitrogen and oxygen atoms in total. The van der Waals surface area contributed by atoms with Gasteiger partial charge in [-0.1, -0.05) is 0 Å². The number of amides is 1. The number of nitrogens with two attached hydrogens (primary N) is 1. The Morgan fingerprint density at radius 3 is 2.79 bits per heavy atom. The number of primary amides is 1. The van der Waals surface area contributed by atoms with Crippen LogP contribution in [0, 0.1) is 11.8 Å². The average Bonchev–Trinajstić information content (AvgIpc) is 3.52. The van der Waals surface area contributed by atoms with E-state index in [4.69, 9.17) is 10.5 Å². The molecule has 6 N–H and O–H groups in total. The lowest BCUT2D eigenvalue weighted by Crippen LogP contribution is -2.37. The molecular formula is C21H29N5O3. The quantitative estimate of drug-likeness (QED) is 0.506. The van der Waals surface area contributed by atoms with E-state index in [9.17, 15) is 9.90 Å². The van der Waals surface area contributed by atoms with Gasteiger partial charge in [-0.3, -0.25) is 4.79 Å². The van der Waals surface area contributed by atoms with Crippen LogP contribution in [0.4, 0.5) is 17.2 Å². The van der Waals surface area contributed by atoms with E-state index in [-0.39, 0.29) is 18.6 Å². The zero-order chi connectivity index (χ0) is 20.0. The monoisotopic (exact) mass is 399 g/mol. The van der Waals surface area contributed by atoms with Crippen molar-refractivity contribution < 1.29 is 14.6 Å². The third-order valence-electron chi connectivity index (χ3n) is 6.41. The Balaban J connectivity index is 1.50. The highest BCUT2D eigenvalue weighted by molar-refractivity contribution is 6.05. The number of hydrogen-bond donors (Lipinski definition) is 5. The van der Waals surface area contributed by atoms with Crippen molar-refractivity contribution in [3.8, 4) is 5.75 Å². The van der Waals surface area contributed by atoms with E-state index in [1.54, 1.807) is 0 Å². The third kappa shape index (κ3) is 3.46. The maximum atomic E-state index is 11.9. The fourth-order valence-electron chi connectivity index (χ4n) is 4.59.